The minimum absolute atomic E-state index is 0.141. The van der Waals surface area contributed by atoms with Gasteiger partial charge in [0.15, 0.2) is 11.6 Å². The molecule has 2 N–H and O–H groups in total. The average Bonchev–Trinajstić information content (AvgIpc) is 2.97. The zero-order chi connectivity index (χ0) is 18.6. The topological polar surface area (TPSA) is 71.2 Å². The fraction of sp³-hybridized carbons (Fsp3) is 0.222. The summed E-state index contributed by atoms with van der Waals surface area (Å²) in [6, 6.07) is 11.5. The second-order valence-electron chi connectivity index (χ2n) is 5.83. The number of aromatic amines is 1. The first kappa shape index (κ1) is 18.3. The van der Waals surface area contributed by atoms with Crippen molar-refractivity contribution in [3.8, 4) is 0 Å². The molecule has 0 bridgehead atoms. The van der Waals surface area contributed by atoms with Gasteiger partial charge < -0.3 is 9.72 Å². The van der Waals surface area contributed by atoms with E-state index < -0.39 is 21.7 Å². The number of anilines is 1. The van der Waals surface area contributed by atoms with Crippen molar-refractivity contribution < 1.29 is 21.9 Å². The fourth-order valence-electron chi connectivity index (χ4n) is 2.54. The van der Waals surface area contributed by atoms with Gasteiger partial charge in [0.05, 0.1) is 23.6 Å². The van der Waals surface area contributed by atoms with Crippen LogP contribution in [0.15, 0.2) is 48.7 Å². The molecule has 0 aliphatic heterocycles. The zero-order valence-electron chi connectivity index (χ0n) is 13.8. The Morgan fingerprint density at radius 1 is 1.08 bits per heavy atom. The van der Waals surface area contributed by atoms with E-state index in [4.69, 9.17) is 4.74 Å². The van der Waals surface area contributed by atoms with E-state index in [2.05, 4.69) is 9.71 Å². The van der Waals surface area contributed by atoms with Gasteiger partial charge in [-0.05, 0) is 18.1 Å². The number of hydrogen-bond donors (Lipinski definition) is 2. The predicted octanol–water partition coefficient (Wildman–Crippen LogP) is 3.79. The van der Waals surface area contributed by atoms with Gasteiger partial charge in [0.25, 0.3) is 0 Å². The minimum Gasteiger partial charge on any atom is -0.377 e. The van der Waals surface area contributed by atoms with E-state index in [1.54, 1.807) is 0 Å². The number of halogens is 2. The second-order valence-corrected chi connectivity index (χ2v) is 7.67. The molecule has 0 amide bonds. The molecule has 1 aromatic heterocycles. The van der Waals surface area contributed by atoms with Gasteiger partial charge in [-0.2, -0.15) is 0 Å². The largest absolute Gasteiger partial charge is 0.377 e. The summed E-state index contributed by atoms with van der Waals surface area (Å²) < 4.78 is 58.8. The van der Waals surface area contributed by atoms with Gasteiger partial charge in [0.1, 0.15) is 0 Å². The molecule has 0 fully saturated rings. The van der Waals surface area contributed by atoms with Crippen LogP contribution in [0.5, 0.6) is 0 Å². The first-order valence-corrected chi connectivity index (χ1v) is 9.68. The molecule has 1 heterocycles. The molecule has 0 aliphatic rings. The molecule has 26 heavy (non-hydrogen) atoms. The van der Waals surface area contributed by atoms with Crippen molar-refractivity contribution >= 4 is 26.6 Å². The molecule has 0 atom stereocenters. The molecule has 5 nitrogen and oxygen atoms in total. The predicted molar refractivity (Wildman–Crippen MR) is 96.3 cm³/mol. The van der Waals surface area contributed by atoms with Gasteiger partial charge in [-0.1, -0.05) is 30.3 Å². The number of hydrogen-bond acceptors (Lipinski definition) is 3. The lowest BCUT2D eigenvalue weighted by Crippen LogP contribution is -2.17. The molecule has 0 aliphatic carbocycles. The van der Waals surface area contributed by atoms with Crippen LogP contribution in [0.4, 0.5) is 14.5 Å². The van der Waals surface area contributed by atoms with Crippen LogP contribution in [0.3, 0.4) is 0 Å². The number of H-pyrrole nitrogens is 1. The quantitative estimate of drug-likeness (QED) is 0.584. The van der Waals surface area contributed by atoms with Crippen LogP contribution < -0.4 is 4.72 Å². The Labute approximate surface area is 150 Å². The van der Waals surface area contributed by atoms with Crippen LogP contribution >= 0.6 is 0 Å². The van der Waals surface area contributed by atoms with Gasteiger partial charge in [-0.15, -0.1) is 0 Å². The molecule has 0 unspecified atom stereocenters. The second kappa shape index (κ2) is 7.84. The van der Waals surface area contributed by atoms with Crippen LogP contribution in [0.1, 0.15) is 12.0 Å². The summed E-state index contributed by atoms with van der Waals surface area (Å²) in [7, 11) is -3.63. The van der Waals surface area contributed by atoms with Crippen LogP contribution in [-0.4, -0.2) is 25.8 Å². The normalized spacial score (nSPS) is 11.8. The van der Waals surface area contributed by atoms with E-state index in [0.29, 0.717) is 25.2 Å². The fourth-order valence-corrected chi connectivity index (χ4v) is 3.64. The molecule has 2 aromatic carbocycles. The molecule has 8 heteroatoms. The van der Waals surface area contributed by atoms with Gasteiger partial charge >= 0.3 is 0 Å². The Hall–Kier alpha value is -2.45. The highest BCUT2D eigenvalue weighted by molar-refractivity contribution is 7.92. The van der Waals surface area contributed by atoms with E-state index in [0.717, 1.165) is 17.7 Å². The number of rotatable bonds is 8. The SMILES string of the molecule is O=S(=O)(CCCOCc1ccccc1)Nc1c[nH]c2cc(F)c(F)cc12. The number of benzene rings is 2. The van der Waals surface area contributed by atoms with Crippen molar-refractivity contribution in [1.29, 1.82) is 0 Å². The molecular formula is C18H18F2N2O3S. The lowest BCUT2D eigenvalue weighted by atomic mass is 10.2. The van der Waals surface area contributed by atoms with Gasteiger partial charge in [0.2, 0.25) is 10.0 Å². The van der Waals surface area contributed by atoms with E-state index in [-0.39, 0.29) is 16.8 Å². The van der Waals surface area contributed by atoms with Crippen molar-refractivity contribution in [2.24, 2.45) is 0 Å². The van der Waals surface area contributed by atoms with Crippen LogP contribution in [-0.2, 0) is 21.4 Å². The van der Waals surface area contributed by atoms with Gasteiger partial charge in [0, 0.05) is 24.3 Å². The standard InChI is InChI=1S/C18H18F2N2O3S/c19-15-9-14-17(10-16(15)20)21-11-18(14)22-26(23,24)8-4-7-25-12-13-5-2-1-3-6-13/h1-3,5-6,9-11,21-22H,4,7-8,12H2. The number of aromatic nitrogens is 1. The Morgan fingerprint density at radius 2 is 1.81 bits per heavy atom. The van der Waals surface area contributed by atoms with Crippen molar-refractivity contribution in [2.75, 3.05) is 17.1 Å². The Morgan fingerprint density at radius 3 is 2.58 bits per heavy atom. The first-order valence-electron chi connectivity index (χ1n) is 8.03. The van der Waals surface area contributed by atoms with E-state index >= 15 is 0 Å². The summed E-state index contributed by atoms with van der Waals surface area (Å²) in [6.07, 6.45) is 1.68. The molecule has 138 valence electrons. The lowest BCUT2D eigenvalue weighted by molar-refractivity contribution is 0.122. The van der Waals surface area contributed by atoms with Crippen molar-refractivity contribution in [1.82, 2.24) is 4.98 Å². The third-order valence-electron chi connectivity index (χ3n) is 3.80. The summed E-state index contributed by atoms with van der Waals surface area (Å²) in [6.45, 7) is 0.713. The minimum atomic E-state index is -3.63. The molecule has 0 spiro atoms. The zero-order valence-corrected chi connectivity index (χ0v) is 14.7. The molecular weight excluding hydrogens is 362 g/mol. The number of fused-ring (bicyclic) bond motifs is 1. The molecule has 3 rings (SSSR count). The summed E-state index contributed by atoms with van der Waals surface area (Å²) in [5, 5.41) is 0.271. The molecule has 0 saturated carbocycles. The Bertz CT molecular complexity index is 988. The van der Waals surface area contributed by atoms with E-state index in [1.807, 2.05) is 30.3 Å². The Kier molecular flexibility index (Phi) is 5.53. The third kappa shape index (κ3) is 4.59. The summed E-state index contributed by atoms with van der Waals surface area (Å²) in [5.41, 5.74) is 1.51. The highest BCUT2D eigenvalue weighted by Crippen LogP contribution is 2.26. The Balaban J connectivity index is 1.53. The van der Waals surface area contributed by atoms with Crippen LogP contribution in [0.25, 0.3) is 10.9 Å². The maximum Gasteiger partial charge on any atom is 0.232 e. The molecule has 3 aromatic rings. The molecule has 0 radical (unpaired) electrons. The maximum absolute atomic E-state index is 13.4. The van der Waals surface area contributed by atoms with Crippen LogP contribution in [0.2, 0.25) is 0 Å². The number of nitrogens with one attached hydrogen (secondary N) is 2. The number of sulfonamides is 1. The van der Waals surface area contributed by atoms with Crippen LogP contribution in [0, 0.1) is 11.6 Å². The van der Waals surface area contributed by atoms with Crippen molar-refractivity contribution in [3.63, 3.8) is 0 Å². The monoisotopic (exact) mass is 380 g/mol. The third-order valence-corrected chi connectivity index (χ3v) is 5.16. The highest BCUT2D eigenvalue weighted by Gasteiger charge is 2.15. The summed E-state index contributed by atoms with van der Waals surface area (Å²) in [4.78, 5) is 2.72. The van der Waals surface area contributed by atoms with Crippen molar-refractivity contribution in [3.05, 3.63) is 65.9 Å². The highest BCUT2D eigenvalue weighted by atomic mass is 32.2. The van der Waals surface area contributed by atoms with Gasteiger partial charge in [-0.25, -0.2) is 17.2 Å². The van der Waals surface area contributed by atoms with Crippen molar-refractivity contribution in [2.45, 2.75) is 13.0 Å². The van der Waals surface area contributed by atoms with Gasteiger partial charge in [-0.3, -0.25) is 4.72 Å². The summed E-state index contributed by atoms with van der Waals surface area (Å²) >= 11 is 0. The smallest absolute Gasteiger partial charge is 0.232 e. The van der Waals surface area contributed by atoms with E-state index in [1.165, 1.54) is 6.20 Å². The lowest BCUT2D eigenvalue weighted by Gasteiger charge is -2.08. The molecule has 0 saturated heterocycles. The summed E-state index contributed by atoms with van der Waals surface area (Å²) in [5.74, 6) is -2.17. The average molecular weight is 380 g/mol. The van der Waals surface area contributed by atoms with E-state index in [9.17, 15) is 17.2 Å². The maximum atomic E-state index is 13.4. The first-order chi connectivity index (χ1) is 12.4. The number of ether oxygens (including phenoxy) is 1.